The smallest absolute Gasteiger partial charge is 0.287 e. The highest BCUT2D eigenvalue weighted by Crippen LogP contribution is 2.28. The van der Waals surface area contributed by atoms with Crippen molar-refractivity contribution in [2.24, 2.45) is 7.05 Å². The van der Waals surface area contributed by atoms with Gasteiger partial charge in [0.05, 0.1) is 24.1 Å². The Hall–Kier alpha value is -1.07. The Morgan fingerprint density at radius 3 is 2.45 bits per heavy atom. The summed E-state index contributed by atoms with van der Waals surface area (Å²) in [6, 6.07) is 0. The summed E-state index contributed by atoms with van der Waals surface area (Å²) in [5.41, 5.74) is 0.514. The van der Waals surface area contributed by atoms with Gasteiger partial charge in [-0.15, -0.1) is 0 Å². The first-order chi connectivity index (χ1) is 10.6. The molecular formula is C16H24ClN3O2. The van der Waals surface area contributed by atoms with Crippen molar-refractivity contribution in [1.82, 2.24) is 9.78 Å². The van der Waals surface area contributed by atoms with Gasteiger partial charge in [-0.25, -0.2) is 4.68 Å². The van der Waals surface area contributed by atoms with Gasteiger partial charge in [0, 0.05) is 20.1 Å². The molecule has 122 valence electrons. The van der Waals surface area contributed by atoms with Gasteiger partial charge in [-0.3, -0.25) is 4.79 Å². The fourth-order valence-electron chi connectivity index (χ4n) is 3.43. The van der Waals surface area contributed by atoms with E-state index in [1.807, 2.05) is 0 Å². The third kappa shape index (κ3) is 3.46. The molecule has 0 bridgehead atoms. The van der Waals surface area contributed by atoms with E-state index in [0.29, 0.717) is 12.2 Å². The highest BCUT2D eigenvalue weighted by atomic mass is 35.5. The first kappa shape index (κ1) is 15.8. The van der Waals surface area contributed by atoms with Gasteiger partial charge in [-0.1, -0.05) is 30.9 Å². The molecule has 0 radical (unpaired) electrons. The minimum absolute atomic E-state index is 0.236. The molecule has 2 aliphatic rings. The van der Waals surface area contributed by atoms with Crippen molar-refractivity contribution in [3.05, 3.63) is 21.6 Å². The van der Waals surface area contributed by atoms with Gasteiger partial charge in [0.25, 0.3) is 5.56 Å². The maximum Gasteiger partial charge on any atom is 0.287 e. The van der Waals surface area contributed by atoms with Crippen LogP contribution in [0.2, 0.25) is 5.02 Å². The molecule has 1 aliphatic heterocycles. The zero-order chi connectivity index (χ0) is 15.5. The summed E-state index contributed by atoms with van der Waals surface area (Å²) in [5.74, 6) is 0. The Labute approximate surface area is 136 Å². The molecule has 0 atom stereocenters. The molecule has 1 saturated carbocycles. The number of anilines is 1. The van der Waals surface area contributed by atoms with Gasteiger partial charge in [0.2, 0.25) is 0 Å². The second-order valence-corrected chi connectivity index (χ2v) is 6.73. The van der Waals surface area contributed by atoms with Crippen LogP contribution in [-0.2, 0) is 11.8 Å². The zero-order valence-corrected chi connectivity index (χ0v) is 13.9. The van der Waals surface area contributed by atoms with E-state index in [4.69, 9.17) is 16.3 Å². The van der Waals surface area contributed by atoms with Crippen molar-refractivity contribution in [2.45, 2.75) is 57.2 Å². The second kappa shape index (κ2) is 7.01. The van der Waals surface area contributed by atoms with E-state index in [0.717, 1.165) is 31.6 Å². The Kier molecular flexibility index (Phi) is 5.03. The molecule has 2 heterocycles. The summed E-state index contributed by atoms with van der Waals surface area (Å²) in [7, 11) is 1.61. The maximum atomic E-state index is 11.9. The summed E-state index contributed by atoms with van der Waals surface area (Å²) < 4.78 is 7.52. The molecule has 22 heavy (non-hydrogen) atoms. The van der Waals surface area contributed by atoms with E-state index in [2.05, 4.69) is 10.00 Å². The normalized spacial score (nSPS) is 21.3. The lowest BCUT2D eigenvalue weighted by Crippen LogP contribution is -2.39. The summed E-state index contributed by atoms with van der Waals surface area (Å²) in [6.07, 6.45) is 10.9. The molecule has 0 spiro atoms. The van der Waals surface area contributed by atoms with Crippen LogP contribution in [0.3, 0.4) is 0 Å². The van der Waals surface area contributed by atoms with Crippen molar-refractivity contribution in [2.75, 3.05) is 18.0 Å². The third-order valence-corrected chi connectivity index (χ3v) is 5.13. The van der Waals surface area contributed by atoms with E-state index >= 15 is 0 Å². The van der Waals surface area contributed by atoms with Crippen LogP contribution in [0.5, 0.6) is 0 Å². The van der Waals surface area contributed by atoms with Crippen LogP contribution in [0.25, 0.3) is 0 Å². The van der Waals surface area contributed by atoms with Gasteiger partial charge in [-0.05, 0) is 25.7 Å². The molecule has 5 nitrogen and oxygen atoms in total. The number of nitrogens with zero attached hydrogens (tertiary/aromatic N) is 3. The SMILES string of the molecule is Cn1ncc(N2CCC(OC3CCCCC3)CC2)c(Cl)c1=O. The van der Waals surface area contributed by atoms with E-state index in [1.165, 1.54) is 36.8 Å². The predicted molar refractivity (Wildman–Crippen MR) is 87.7 cm³/mol. The van der Waals surface area contributed by atoms with Crippen LogP contribution in [0.1, 0.15) is 44.9 Å². The zero-order valence-electron chi connectivity index (χ0n) is 13.1. The monoisotopic (exact) mass is 325 g/mol. The van der Waals surface area contributed by atoms with Crippen LogP contribution in [0, 0.1) is 0 Å². The van der Waals surface area contributed by atoms with Gasteiger partial charge in [0.15, 0.2) is 0 Å². The van der Waals surface area contributed by atoms with E-state index in [1.54, 1.807) is 13.2 Å². The third-order valence-electron chi connectivity index (χ3n) is 4.78. The topological polar surface area (TPSA) is 47.4 Å². The van der Waals surface area contributed by atoms with Gasteiger partial charge in [-0.2, -0.15) is 5.10 Å². The minimum atomic E-state index is -0.236. The van der Waals surface area contributed by atoms with Crippen molar-refractivity contribution in [1.29, 1.82) is 0 Å². The molecule has 3 rings (SSSR count). The summed E-state index contributed by atoms with van der Waals surface area (Å²) in [6.45, 7) is 1.73. The maximum absolute atomic E-state index is 11.9. The molecule has 0 amide bonds. The number of rotatable bonds is 3. The van der Waals surface area contributed by atoms with Crippen LogP contribution in [-0.4, -0.2) is 35.1 Å². The van der Waals surface area contributed by atoms with Crippen molar-refractivity contribution < 1.29 is 4.74 Å². The van der Waals surface area contributed by atoms with Crippen LogP contribution < -0.4 is 10.5 Å². The molecule has 1 saturated heterocycles. The summed E-state index contributed by atoms with van der Waals surface area (Å²) in [4.78, 5) is 14.0. The minimum Gasteiger partial charge on any atom is -0.375 e. The molecule has 0 aromatic carbocycles. The average molecular weight is 326 g/mol. The molecule has 1 aliphatic carbocycles. The lowest BCUT2D eigenvalue weighted by Gasteiger charge is -2.36. The number of hydrogen-bond donors (Lipinski definition) is 0. The summed E-state index contributed by atoms with van der Waals surface area (Å²) >= 11 is 6.18. The standard InChI is InChI=1S/C16H24ClN3O2/c1-19-16(21)15(17)14(11-18-19)20-9-7-13(8-10-20)22-12-5-3-2-4-6-12/h11-13H,2-10H2,1H3. The Bertz CT molecular complexity index is 561. The fraction of sp³-hybridized carbons (Fsp3) is 0.750. The van der Waals surface area contributed by atoms with Crippen LogP contribution in [0.4, 0.5) is 5.69 Å². The first-order valence-electron chi connectivity index (χ1n) is 8.27. The number of halogens is 1. The Morgan fingerprint density at radius 2 is 1.77 bits per heavy atom. The number of ether oxygens (including phenoxy) is 1. The van der Waals surface area contributed by atoms with Crippen LogP contribution in [0.15, 0.2) is 11.0 Å². The number of hydrogen-bond acceptors (Lipinski definition) is 4. The second-order valence-electron chi connectivity index (χ2n) is 6.36. The predicted octanol–water partition coefficient (Wildman–Crippen LogP) is 2.75. The lowest BCUT2D eigenvalue weighted by atomic mass is 9.97. The Balaban J connectivity index is 1.57. The molecule has 1 aromatic heterocycles. The molecule has 6 heteroatoms. The quantitative estimate of drug-likeness (QED) is 0.857. The molecule has 0 unspecified atom stereocenters. The molecule has 2 fully saturated rings. The van der Waals surface area contributed by atoms with Crippen LogP contribution >= 0.6 is 11.6 Å². The first-order valence-corrected chi connectivity index (χ1v) is 8.65. The average Bonchev–Trinajstić information content (AvgIpc) is 2.55. The fourth-order valence-corrected chi connectivity index (χ4v) is 3.72. The number of piperidine rings is 1. The summed E-state index contributed by atoms with van der Waals surface area (Å²) in [5, 5.41) is 4.34. The van der Waals surface area contributed by atoms with Gasteiger partial charge in [0.1, 0.15) is 5.02 Å². The largest absolute Gasteiger partial charge is 0.375 e. The highest BCUT2D eigenvalue weighted by molar-refractivity contribution is 6.33. The highest BCUT2D eigenvalue weighted by Gasteiger charge is 2.25. The molecule has 0 N–H and O–H groups in total. The van der Waals surface area contributed by atoms with E-state index < -0.39 is 0 Å². The van der Waals surface area contributed by atoms with E-state index in [9.17, 15) is 4.79 Å². The van der Waals surface area contributed by atoms with Crippen molar-refractivity contribution >= 4 is 17.3 Å². The Morgan fingerprint density at radius 1 is 1.14 bits per heavy atom. The number of aromatic nitrogens is 2. The number of aryl methyl sites for hydroxylation is 1. The molecule has 1 aromatic rings. The lowest BCUT2D eigenvalue weighted by molar-refractivity contribution is -0.0395. The van der Waals surface area contributed by atoms with E-state index in [-0.39, 0.29) is 10.6 Å². The molecular weight excluding hydrogens is 302 g/mol. The van der Waals surface area contributed by atoms with Crippen molar-refractivity contribution in [3.63, 3.8) is 0 Å². The van der Waals surface area contributed by atoms with Gasteiger partial charge < -0.3 is 9.64 Å². The van der Waals surface area contributed by atoms with Gasteiger partial charge >= 0.3 is 0 Å². The van der Waals surface area contributed by atoms with Crippen molar-refractivity contribution in [3.8, 4) is 0 Å².